The van der Waals surface area contributed by atoms with E-state index < -0.39 is 0 Å². The standard InChI is InChI=1S/C30H12Br6N6O6/c31-13-8-21-14(32)7-19(13)43-25-1-2-26(38-37-25)44-20-9-16(34)22(10-15(20)33)46-28-5-6-30(42-40-28)48-24-12-17(35)23(11-18(24)36)47-29-4-3-27(45-21)39-41-29/h1-12H. The Hall–Kier alpha value is -3.42. The smallest absolute Gasteiger partial charge is 0.239 e. The molecule has 3 aromatic carbocycles. The largest absolute Gasteiger partial charge is 0.436 e. The number of benzene rings is 3. The first-order chi connectivity index (χ1) is 23.2. The van der Waals surface area contributed by atoms with E-state index in [1.54, 1.807) is 72.8 Å². The van der Waals surface area contributed by atoms with E-state index in [4.69, 9.17) is 28.4 Å². The van der Waals surface area contributed by atoms with Gasteiger partial charge in [-0.25, -0.2) is 0 Å². The summed E-state index contributed by atoms with van der Waals surface area (Å²) in [5, 5.41) is 24.8. The Balaban J connectivity index is 1.22. The third-order valence-electron chi connectivity index (χ3n) is 6.09. The molecule has 16 aliphatic heterocycles. The van der Waals surface area contributed by atoms with E-state index in [0.717, 1.165) is 0 Å². The van der Waals surface area contributed by atoms with Crippen LogP contribution in [0.2, 0.25) is 0 Å². The molecule has 48 heavy (non-hydrogen) atoms. The van der Waals surface area contributed by atoms with Crippen LogP contribution in [-0.2, 0) is 0 Å². The van der Waals surface area contributed by atoms with Gasteiger partial charge in [-0.1, -0.05) is 0 Å². The number of aromatic nitrogens is 6. The minimum atomic E-state index is 0.236. The maximum Gasteiger partial charge on any atom is 0.239 e. The minimum absolute atomic E-state index is 0.236. The Labute approximate surface area is 321 Å². The van der Waals surface area contributed by atoms with Crippen molar-refractivity contribution in [2.45, 2.75) is 0 Å². The van der Waals surface area contributed by atoms with Crippen LogP contribution >= 0.6 is 95.6 Å². The zero-order valence-electron chi connectivity index (χ0n) is 23.3. The third-order valence-corrected chi connectivity index (χ3v) is 9.81. The highest BCUT2D eigenvalue weighted by Gasteiger charge is 2.17. The summed E-state index contributed by atoms with van der Waals surface area (Å²) in [4.78, 5) is 0. The second kappa shape index (κ2) is 14.2. The van der Waals surface area contributed by atoms with E-state index in [0.29, 0.717) is 61.3 Å². The molecular weight excluding hydrogens is 1020 g/mol. The molecule has 240 valence electrons. The lowest BCUT2D eigenvalue weighted by atomic mass is 10.3. The lowest BCUT2D eigenvalue weighted by Crippen LogP contribution is -1.97. The molecule has 18 heteroatoms. The zero-order chi connectivity index (χ0) is 33.4. The predicted octanol–water partition coefficient (Wildman–Crippen LogP) is 11.7. The zero-order valence-corrected chi connectivity index (χ0v) is 32.8. The van der Waals surface area contributed by atoms with Crippen LogP contribution < -0.4 is 28.4 Å². The Morgan fingerprint density at radius 3 is 0.542 bits per heavy atom. The monoisotopic (exact) mass is 1030 g/mol. The summed E-state index contributed by atoms with van der Waals surface area (Å²) in [5.74, 6) is 4.17. The van der Waals surface area contributed by atoms with E-state index in [-0.39, 0.29) is 35.3 Å². The first-order valence-corrected chi connectivity index (χ1v) is 18.0. The highest BCUT2D eigenvalue weighted by atomic mass is 79.9. The summed E-state index contributed by atoms with van der Waals surface area (Å²) < 4.78 is 39.3. The van der Waals surface area contributed by atoms with Gasteiger partial charge in [0, 0.05) is 36.4 Å². The molecule has 0 fully saturated rings. The maximum atomic E-state index is 5.95. The van der Waals surface area contributed by atoms with E-state index in [1.807, 2.05) is 0 Å². The molecule has 0 radical (unpaired) electrons. The number of hydrogen-bond acceptors (Lipinski definition) is 12. The molecule has 0 N–H and O–H groups in total. The molecule has 0 saturated carbocycles. The lowest BCUT2D eigenvalue weighted by molar-refractivity contribution is 0.412. The van der Waals surface area contributed by atoms with Crippen molar-refractivity contribution in [2.75, 3.05) is 0 Å². The molecule has 12 bridgehead atoms. The summed E-state index contributed by atoms with van der Waals surface area (Å²) in [5.41, 5.74) is 0. The SMILES string of the molecule is Brc1cc2c(Br)cc1Oc1ccc(nn1)Oc1cc(Br)c(cc1Br)Oc1ccc(nn1)Oc1cc(Br)c(cc1Br)Oc1ccc(nn1)O2. The van der Waals surface area contributed by atoms with Crippen LogP contribution in [0.4, 0.5) is 0 Å². The van der Waals surface area contributed by atoms with Gasteiger partial charge in [0.05, 0.1) is 26.8 Å². The molecule has 0 aliphatic carbocycles. The predicted molar refractivity (Wildman–Crippen MR) is 192 cm³/mol. The molecule has 6 aromatic rings. The Morgan fingerprint density at radius 1 is 0.271 bits per heavy atom. The number of ether oxygens (including phenoxy) is 6. The molecule has 0 spiro atoms. The van der Waals surface area contributed by atoms with Gasteiger partial charge in [-0.05, 0) is 132 Å². The summed E-state index contributed by atoms with van der Waals surface area (Å²) >= 11 is 21.1. The topological polar surface area (TPSA) is 133 Å². The van der Waals surface area contributed by atoms with Crippen molar-refractivity contribution >= 4 is 95.6 Å². The molecule has 0 saturated heterocycles. The summed E-state index contributed by atoms with van der Waals surface area (Å²) in [6.07, 6.45) is 0. The summed E-state index contributed by atoms with van der Waals surface area (Å²) in [6, 6.07) is 20.1. The number of rotatable bonds is 0. The van der Waals surface area contributed by atoms with Crippen molar-refractivity contribution in [3.63, 3.8) is 0 Å². The van der Waals surface area contributed by atoms with Crippen LogP contribution in [0.1, 0.15) is 0 Å². The van der Waals surface area contributed by atoms with Gasteiger partial charge in [0.25, 0.3) is 0 Å². The molecular formula is C30H12Br6N6O6. The molecule has 12 nitrogen and oxygen atoms in total. The van der Waals surface area contributed by atoms with Crippen LogP contribution in [0.15, 0.2) is 99.6 Å². The van der Waals surface area contributed by atoms with Crippen molar-refractivity contribution in [1.29, 1.82) is 0 Å². The van der Waals surface area contributed by atoms with Crippen molar-refractivity contribution in [1.82, 2.24) is 30.6 Å². The van der Waals surface area contributed by atoms with Crippen molar-refractivity contribution in [2.24, 2.45) is 0 Å². The fraction of sp³-hybridized carbons (Fsp3) is 0. The van der Waals surface area contributed by atoms with E-state index >= 15 is 0 Å². The van der Waals surface area contributed by atoms with Crippen molar-refractivity contribution in [3.05, 3.63) is 99.6 Å². The molecule has 3 aromatic heterocycles. The number of hydrogen-bond donors (Lipinski definition) is 0. The highest BCUT2D eigenvalue weighted by Crippen LogP contribution is 2.43. The second-order valence-electron chi connectivity index (χ2n) is 9.38. The van der Waals surface area contributed by atoms with Crippen molar-refractivity contribution < 1.29 is 28.4 Å². The van der Waals surface area contributed by atoms with Gasteiger partial charge in [0.15, 0.2) is 0 Å². The highest BCUT2D eigenvalue weighted by molar-refractivity contribution is 9.11. The van der Waals surface area contributed by atoms with Crippen molar-refractivity contribution in [3.8, 4) is 69.8 Å². The Bertz CT molecular complexity index is 1770. The average Bonchev–Trinajstić information content (AvgIpc) is 3.06. The normalized spacial score (nSPS) is 12.1. The van der Waals surface area contributed by atoms with Gasteiger partial charge in [0.1, 0.15) is 34.5 Å². The maximum absolute atomic E-state index is 5.95. The summed E-state index contributed by atoms with van der Waals surface area (Å²) in [6.45, 7) is 0. The van der Waals surface area contributed by atoms with Gasteiger partial charge in [-0.15, -0.1) is 30.6 Å². The van der Waals surface area contributed by atoms with Gasteiger partial charge in [-0.2, -0.15) is 0 Å². The fourth-order valence-electron chi connectivity index (χ4n) is 3.93. The molecule has 19 heterocycles. The average molecular weight is 1030 g/mol. The van der Waals surface area contributed by atoms with E-state index in [9.17, 15) is 0 Å². The Morgan fingerprint density at radius 2 is 0.417 bits per heavy atom. The fourth-order valence-corrected chi connectivity index (χ4v) is 6.35. The van der Waals surface area contributed by atoms with Crippen LogP contribution in [-0.4, -0.2) is 30.6 Å². The molecule has 0 atom stereocenters. The second-order valence-corrected chi connectivity index (χ2v) is 14.5. The first kappa shape index (κ1) is 33.1. The van der Waals surface area contributed by atoms with E-state index in [1.165, 1.54) is 0 Å². The van der Waals surface area contributed by atoms with Gasteiger partial charge in [0.2, 0.25) is 35.3 Å². The van der Waals surface area contributed by atoms with E-state index in [2.05, 4.69) is 126 Å². The molecule has 22 rings (SSSR count). The molecule has 16 aliphatic rings. The third kappa shape index (κ3) is 7.58. The van der Waals surface area contributed by atoms with Crippen LogP contribution in [0.3, 0.4) is 0 Å². The summed E-state index contributed by atoms with van der Waals surface area (Å²) in [7, 11) is 0. The minimum Gasteiger partial charge on any atom is -0.436 e. The number of nitrogens with zero attached hydrogens (tertiary/aromatic N) is 6. The van der Waals surface area contributed by atoms with Gasteiger partial charge in [-0.3, -0.25) is 0 Å². The quantitative estimate of drug-likeness (QED) is 0.143. The Kier molecular flexibility index (Phi) is 9.79. The molecule has 0 unspecified atom stereocenters. The first-order valence-electron chi connectivity index (χ1n) is 13.2. The van der Waals surface area contributed by atoms with Crippen LogP contribution in [0.5, 0.6) is 69.8 Å². The lowest BCUT2D eigenvalue weighted by Gasteiger charge is -2.13. The van der Waals surface area contributed by atoms with Gasteiger partial charge < -0.3 is 28.4 Å². The van der Waals surface area contributed by atoms with Gasteiger partial charge >= 0.3 is 0 Å². The van der Waals surface area contributed by atoms with Crippen LogP contribution in [0, 0.1) is 0 Å². The number of halogens is 6. The molecule has 0 amide bonds. The van der Waals surface area contributed by atoms with Crippen LogP contribution in [0.25, 0.3) is 0 Å².